The van der Waals surface area contributed by atoms with Gasteiger partial charge in [0.2, 0.25) is 0 Å². The predicted molar refractivity (Wildman–Crippen MR) is 111 cm³/mol. The molecule has 5 heteroatoms. The Morgan fingerprint density at radius 1 is 1.07 bits per heavy atom. The normalized spacial score (nSPS) is 18.6. The van der Waals surface area contributed by atoms with E-state index in [9.17, 15) is 9.59 Å². The SMILES string of the molecule is CCCCN1C(=O)C(c2ccc(OC(C)C)cc2)=C(N2CCC(C)CC2)C1=O. The van der Waals surface area contributed by atoms with Crippen molar-refractivity contribution in [1.82, 2.24) is 9.80 Å². The maximum Gasteiger partial charge on any atom is 0.277 e. The summed E-state index contributed by atoms with van der Waals surface area (Å²) in [6, 6.07) is 7.55. The van der Waals surface area contributed by atoms with Crippen LogP contribution in [0, 0.1) is 5.92 Å². The number of amides is 2. The molecule has 0 N–H and O–H groups in total. The maximum atomic E-state index is 13.2. The van der Waals surface area contributed by atoms with Gasteiger partial charge >= 0.3 is 0 Å². The van der Waals surface area contributed by atoms with Crippen molar-refractivity contribution in [2.75, 3.05) is 19.6 Å². The fourth-order valence-corrected chi connectivity index (χ4v) is 3.84. The van der Waals surface area contributed by atoms with Gasteiger partial charge in [-0.25, -0.2) is 0 Å². The molecule has 5 nitrogen and oxygen atoms in total. The summed E-state index contributed by atoms with van der Waals surface area (Å²) in [6.45, 7) is 10.4. The first kappa shape index (κ1) is 20.4. The number of hydrogen-bond acceptors (Lipinski definition) is 4. The topological polar surface area (TPSA) is 49.9 Å². The first-order chi connectivity index (χ1) is 13.4. The quantitative estimate of drug-likeness (QED) is 0.665. The Morgan fingerprint density at radius 2 is 1.71 bits per heavy atom. The zero-order valence-electron chi connectivity index (χ0n) is 17.5. The van der Waals surface area contributed by atoms with Crippen LogP contribution in [0.25, 0.3) is 5.57 Å². The zero-order chi connectivity index (χ0) is 20.3. The highest BCUT2D eigenvalue weighted by molar-refractivity contribution is 6.35. The van der Waals surface area contributed by atoms with E-state index < -0.39 is 0 Å². The second kappa shape index (κ2) is 8.80. The molecule has 0 radical (unpaired) electrons. The molecule has 0 atom stereocenters. The summed E-state index contributed by atoms with van der Waals surface area (Å²) in [7, 11) is 0. The Morgan fingerprint density at radius 3 is 2.29 bits per heavy atom. The van der Waals surface area contributed by atoms with E-state index in [0.29, 0.717) is 23.7 Å². The highest BCUT2D eigenvalue weighted by atomic mass is 16.5. The Balaban J connectivity index is 1.95. The lowest BCUT2D eigenvalue weighted by Gasteiger charge is -2.32. The fourth-order valence-electron chi connectivity index (χ4n) is 3.84. The molecule has 1 aromatic carbocycles. The van der Waals surface area contributed by atoms with Crippen LogP contribution in [0.4, 0.5) is 0 Å². The molecule has 2 amide bonds. The van der Waals surface area contributed by atoms with Crippen LogP contribution in [0.1, 0.15) is 58.9 Å². The van der Waals surface area contributed by atoms with E-state index in [1.807, 2.05) is 38.1 Å². The molecular formula is C23H32N2O3. The van der Waals surface area contributed by atoms with Gasteiger partial charge in [-0.05, 0) is 56.7 Å². The lowest BCUT2D eigenvalue weighted by Crippen LogP contribution is -2.38. The Bertz CT molecular complexity index is 744. The van der Waals surface area contributed by atoms with E-state index in [1.54, 1.807) is 0 Å². The Kier molecular flexibility index (Phi) is 6.42. The van der Waals surface area contributed by atoms with Gasteiger partial charge in [0.25, 0.3) is 11.8 Å². The van der Waals surface area contributed by atoms with Crippen LogP contribution in [-0.4, -0.2) is 47.4 Å². The minimum absolute atomic E-state index is 0.0928. The second-order valence-corrected chi connectivity index (χ2v) is 8.20. The molecule has 0 saturated carbocycles. The van der Waals surface area contributed by atoms with Crippen molar-refractivity contribution in [1.29, 1.82) is 0 Å². The Hall–Kier alpha value is -2.30. The first-order valence-corrected chi connectivity index (χ1v) is 10.5. The number of nitrogens with zero attached hydrogens (tertiary/aromatic N) is 2. The standard InChI is InChI=1S/C23H32N2O3/c1-5-6-13-25-22(26)20(18-7-9-19(10-8-18)28-16(2)3)21(23(25)27)24-14-11-17(4)12-15-24/h7-10,16-17H,5-6,11-15H2,1-4H3. The van der Waals surface area contributed by atoms with Gasteiger partial charge in [-0.2, -0.15) is 0 Å². The van der Waals surface area contributed by atoms with E-state index in [4.69, 9.17) is 4.74 Å². The van der Waals surface area contributed by atoms with Crippen molar-refractivity contribution < 1.29 is 14.3 Å². The summed E-state index contributed by atoms with van der Waals surface area (Å²) in [5, 5.41) is 0. The van der Waals surface area contributed by atoms with Gasteiger partial charge in [-0.1, -0.05) is 32.4 Å². The minimum atomic E-state index is -0.162. The lowest BCUT2D eigenvalue weighted by molar-refractivity contribution is -0.137. The fraction of sp³-hybridized carbons (Fsp3) is 0.565. The molecule has 1 aromatic rings. The first-order valence-electron chi connectivity index (χ1n) is 10.5. The summed E-state index contributed by atoms with van der Waals surface area (Å²) >= 11 is 0. The molecule has 2 heterocycles. The van der Waals surface area contributed by atoms with Crippen LogP contribution in [0.3, 0.4) is 0 Å². The molecule has 1 saturated heterocycles. The Labute approximate surface area is 168 Å². The van der Waals surface area contributed by atoms with Gasteiger partial charge in [0.1, 0.15) is 11.4 Å². The zero-order valence-corrected chi connectivity index (χ0v) is 17.5. The van der Waals surface area contributed by atoms with Gasteiger partial charge in [-0.3, -0.25) is 14.5 Å². The molecule has 28 heavy (non-hydrogen) atoms. The number of carbonyl (C=O) groups excluding carboxylic acids is 2. The number of piperidine rings is 1. The number of ether oxygens (including phenoxy) is 1. The van der Waals surface area contributed by atoms with Gasteiger partial charge in [0.05, 0.1) is 11.7 Å². The molecule has 1 fully saturated rings. The van der Waals surface area contributed by atoms with Crippen molar-refractivity contribution in [2.24, 2.45) is 5.92 Å². The number of carbonyl (C=O) groups is 2. The van der Waals surface area contributed by atoms with E-state index >= 15 is 0 Å². The van der Waals surface area contributed by atoms with Crippen molar-refractivity contribution >= 4 is 17.4 Å². The highest BCUT2D eigenvalue weighted by Gasteiger charge is 2.41. The van der Waals surface area contributed by atoms with Gasteiger partial charge in [0, 0.05) is 19.6 Å². The number of unbranched alkanes of at least 4 members (excludes halogenated alkanes) is 1. The minimum Gasteiger partial charge on any atom is -0.491 e. The number of likely N-dealkylation sites (tertiary alicyclic amines) is 1. The summed E-state index contributed by atoms with van der Waals surface area (Å²) in [4.78, 5) is 29.9. The largest absolute Gasteiger partial charge is 0.491 e. The van der Waals surface area contributed by atoms with Gasteiger partial charge in [-0.15, -0.1) is 0 Å². The molecule has 3 rings (SSSR count). The number of rotatable bonds is 7. The number of imide groups is 1. The van der Waals surface area contributed by atoms with Crippen LogP contribution in [-0.2, 0) is 9.59 Å². The molecule has 0 unspecified atom stereocenters. The second-order valence-electron chi connectivity index (χ2n) is 8.20. The molecule has 2 aliphatic rings. The molecule has 152 valence electrons. The van der Waals surface area contributed by atoms with E-state index in [-0.39, 0.29) is 17.9 Å². The van der Waals surface area contributed by atoms with Crippen LogP contribution >= 0.6 is 0 Å². The van der Waals surface area contributed by atoms with Crippen molar-refractivity contribution in [2.45, 2.75) is 59.5 Å². The van der Waals surface area contributed by atoms with Gasteiger partial charge in [0.15, 0.2) is 0 Å². The number of hydrogen-bond donors (Lipinski definition) is 0. The molecule has 0 aliphatic carbocycles. The summed E-state index contributed by atoms with van der Waals surface area (Å²) < 4.78 is 5.72. The van der Waals surface area contributed by atoms with Crippen LogP contribution in [0.2, 0.25) is 0 Å². The lowest BCUT2D eigenvalue weighted by atomic mass is 9.97. The third-order valence-electron chi connectivity index (χ3n) is 5.49. The van der Waals surface area contributed by atoms with Crippen molar-refractivity contribution in [3.8, 4) is 5.75 Å². The molecule has 2 aliphatic heterocycles. The highest BCUT2D eigenvalue weighted by Crippen LogP contribution is 2.34. The molecule has 0 aromatic heterocycles. The molecule has 0 bridgehead atoms. The third-order valence-corrected chi connectivity index (χ3v) is 5.49. The summed E-state index contributed by atoms with van der Waals surface area (Å²) in [5.74, 6) is 1.14. The average Bonchev–Trinajstić information content (AvgIpc) is 2.91. The van der Waals surface area contributed by atoms with E-state index in [1.165, 1.54) is 4.90 Å². The van der Waals surface area contributed by atoms with Crippen LogP contribution in [0.15, 0.2) is 30.0 Å². The van der Waals surface area contributed by atoms with Crippen LogP contribution in [0.5, 0.6) is 5.75 Å². The number of benzene rings is 1. The predicted octanol–water partition coefficient (Wildman–Crippen LogP) is 4.09. The van der Waals surface area contributed by atoms with Crippen molar-refractivity contribution in [3.63, 3.8) is 0 Å². The summed E-state index contributed by atoms with van der Waals surface area (Å²) in [6.07, 6.45) is 3.97. The summed E-state index contributed by atoms with van der Waals surface area (Å²) in [5.41, 5.74) is 1.93. The third kappa shape index (κ3) is 4.23. The van der Waals surface area contributed by atoms with Crippen LogP contribution < -0.4 is 4.74 Å². The maximum absolute atomic E-state index is 13.2. The average molecular weight is 385 g/mol. The van der Waals surface area contributed by atoms with Crippen molar-refractivity contribution in [3.05, 3.63) is 35.5 Å². The van der Waals surface area contributed by atoms with E-state index in [2.05, 4.69) is 18.7 Å². The monoisotopic (exact) mass is 384 g/mol. The molecule has 0 spiro atoms. The molecular weight excluding hydrogens is 352 g/mol. The van der Waals surface area contributed by atoms with Gasteiger partial charge < -0.3 is 9.64 Å². The van der Waals surface area contributed by atoms with E-state index in [0.717, 1.165) is 50.1 Å². The smallest absolute Gasteiger partial charge is 0.277 e.